The van der Waals surface area contributed by atoms with Crippen molar-refractivity contribution in [1.29, 1.82) is 0 Å². The fourth-order valence-electron chi connectivity index (χ4n) is 1.52. The minimum atomic E-state index is -0.0880. The van der Waals surface area contributed by atoms with Crippen molar-refractivity contribution in [3.63, 3.8) is 0 Å². The quantitative estimate of drug-likeness (QED) is 0.692. The van der Waals surface area contributed by atoms with Crippen LogP contribution in [0.25, 0.3) is 0 Å². The van der Waals surface area contributed by atoms with E-state index in [0.717, 1.165) is 19.4 Å². The molecule has 0 aromatic carbocycles. The fourth-order valence-corrected chi connectivity index (χ4v) is 1.52. The van der Waals surface area contributed by atoms with Crippen LogP contribution in [0.4, 0.5) is 0 Å². The molecule has 0 amide bonds. The molecule has 1 aliphatic rings. The van der Waals surface area contributed by atoms with E-state index in [4.69, 9.17) is 19.9 Å². The van der Waals surface area contributed by atoms with Crippen molar-refractivity contribution in [2.75, 3.05) is 26.9 Å². The standard InChI is InChI=1S/C10H21NO3/c1-8(3-4-12-2)9(11)7-10-13-5-6-14-10/h8-10H,3-7,11H2,1-2H3. The maximum Gasteiger partial charge on any atom is 0.159 e. The van der Waals surface area contributed by atoms with Gasteiger partial charge < -0.3 is 19.9 Å². The van der Waals surface area contributed by atoms with E-state index in [-0.39, 0.29) is 12.3 Å². The minimum absolute atomic E-state index is 0.0880. The lowest BCUT2D eigenvalue weighted by Gasteiger charge is -2.21. The summed E-state index contributed by atoms with van der Waals surface area (Å²) in [4.78, 5) is 0. The van der Waals surface area contributed by atoms with Crippen LogP contribution in [0.2, 0.25) is 0 Å². The highest BCUT2D eigenvalue weighted by Crippen LogP contribution is 2.16. The Balaban J connectivity index is 2.15. The van der Waals surface area contributed by atoms with E-state index in [1.807, 2.05) is 0 Å². The summed E-state index contributed by atoms with van der Waals surface area (Å²) in [6.07, 6.45) is 1.69. The summed E-state index contributed by atoms with van der Waals surface area (Å²) in [5, 5.41) is 0. The van der Waals surface area contributed by atoms with Crippen molar-refractivity contribution in [3.05, 3.63) is 0 Å². The summed E-state index contributed by atoms with van der Waals surface area (Å²) in [7, 11) is 1.71. The molecular weight excluding hydrogens is 182 g/mol. The molecule has 14 heavy (non-hydrogen) atoms. The third kappa shape index (κ3) is 3.92. The molecule has 1 aliphatic heterocycles. The molecule has 0 aromatic heterocycles. The second-order valence-corrected chi connectivity index (χ2v) is 3.83. The molecular formula is C10H21NO3. The summed E-state index contributed by atoms with van der Waals surface area (Å²) in [5.41, 5.74) is 6.02. The zero-order valence-electron chi connectivity index (χ0n) is 9.07. The Hall–Kier alpha value is -0.160. The van der Waals surface area contributed by atoms with Gasteiger partial charge in [0.05, 0.1) is 13.2 Å². The van der Waals surface area contributed by atoms with Crippen LogP contribution < -0.4 is 5.73 Å². The Labute approximate surface area is 85.7 Å². The molecule has 1 rings (SSSR count). The minimum Gasteiger partial charge on any atom is -0.385 e. The molecule has 84 valence electrons. The lowest BCUT2D eigenvalue weighted by molar-refractivity contribution is -0.0539. The lowest BCUT2D eigenvalue weighted by Crippen LogP contribution is -2.33. The number of hydrogen-bond donors (Lipinski definition) is 1. The summed E-state index contributed by atoms with van der Waals surface area (Å²) in [5.74, 6) is 0.447. The average molecular weight is 203 g/mol. The van der Waals surface area contributed by atoms with Gasteiger partial charge in [-0.15, -0.1) is 0 Å². The number of hydrogen-bond acceptors (Lipinski definition) is 4. The van der Waals surface area contributed by atoms with Gasteiger partial charge in [-0.05, 0) is 12.3 Å². The Morgan fingerprint density at radius 2 is 2.07 bits per heavy atom. The Morgan fingerprint density at radius 1 is 1.43 bits per heavy atom. The van der Waals surface area contributed by atoms with E-state index in [9.17, 15) is 0 Å². The summed E-state index contributed by atoms with van der Waals surface area (Å²) < 4.78 is 15.7. The van der Waals surface area contributed by atoms with Crippen LogP contribution in [0, 0.1) is 5.92 Å². The molecule has 2 unspecified atom stereocenters. The Kier molecular flexibility index (Phi) is 5.40. The van der Waals surface area contributed by atoms with E-state index < -0.39 is 0 Å². The van der Waals surface area contributed by atoms with Gasteiger partial charge in [-0.1, -0.05) is 6.92 Å². The van der Waals surface area contributed by atoms with Gasteiger partial charge in [-0.3, -0.25) is 0 Å². The topological polar surface area (TPSA) is 53.7 Å². The summed E-state index contributed by atoms with van der Waals surface area (Å²) >= 11 is 0. The molecule has 0 spiro atoms. The van der Waals surface area contributed by atoms with Crippen LogP contribution in [0.1, 0.15) is 19.8 Å². The van der Waals surface area contributed by atoms with Crippen LogP contribution in [0.3, 0.4) is 0 Å². The van der Waals surface area contributed by atoms with E-state index in [2.05, 4.69) is 6.92 Å². The van der Waals surface area contributed by atoms with E-state index in [1.165, 1.54) is 0 Å². The molecule has 0 radical (unpaired) electrons. The molecule has 4 heteroatoms. The van der Waals surface area contributed by atoms with Gasteiger partial charge in [0.25, 0.3) is 0 Å². The highest BCUT2D eigenvalue weighted by atomic mass is 16.7. The Bertz CT molecular complexity index is 148. The maximum absolute atomic E-state index is 6.02. The Morgan fingerprint density at radius 3 is 2.64 bits per heavy atom. The van der Waals surface area contributed by atoms with Crippen LogP contribution >= 0.6 is 0 Å². The van der Waals surface area contributed by atoms with Crippen molar-refractivity contribution < 1.29 is 14.2 Å². The SMILES string of the molecule is COCCC(C)C(N)CC1OCCO1. The van der Waals surface area contributed by atoms with Gasteiger partial charge in [0, 0.05) is 26.2 Å². The first kappa shape index (κ1) is 11.9. The first-order chi connectivity index (χ1) is 6.74. The monoisotopic (exact) mass is 203 g/mol. The molecule has 1 saturated heterocycles. The van der Waals surface area contributed by atoms with Gasteiger partial charge in [0.15, 0.2) is 6.29 Å². The molecule has 2 atom stereocenters. The van der Waals surface area contributed by atoms with Crippen LogP contribution in [-0.2, 0) is 14.2 Å². The number of rotatable bonds is 6. The summed E-state index contributed by atoms with van der Waals surface area (Å²) in [6, 6.07) is 0.133. The van der Waals surface area contributed by atoms with Gasteiger partial charge >= 0.3 is 0 Å². The highest BCUT2D eigenvalue weighted by Gasteiger charge is 2.22. The third-order valence-electron chi connectivity index (χ3n) is 2.66. The van der Waals surface area contributed by atoms with Crippen LogP contribution in [0.5, 0.6) is 0 Å². The van der Waals surface area contributed by atoms with Crippen molar-refractivity contribution in [3.8, 4) is 0 Å². The zero-order chi connectivity index (χ0) is 10.4. The average Bonchev–Trinajstić information content (AvgIpc) is 2.66. The van der Waals surface area contributed by atoms with E-state index in [0.29, 0.717) is 19.1 Å². The predicted molar refractivity (Wildman–Crippen MR) is 53.9 cm³/mol. The molecule has 1 fully saturated rings. The number of ether oxygens (including phenoxy) is 3. The van der Waals surface area contributed by atoms with Crippen molar-refractivity contribution >= 4 is 0 Å². The molecule has 0 saturated carbocycles. The smallest absolute Gasteiger partial charge is 0.159 e. The molecule has 2 N–H and O–H groups in total. The second kappa shape index (κ2) is 6.35. The van der Waals surface area contributed by atoms with E-state index in [1.54, 1.807) is 7.11 Å². The molecule has 0 aromatic rings. The molecule has 1 heterocycles. The van der Waals surface area contributed by atoms with E-state index >= 15 is 0 Å². The maximum atomic E-state index is 6.02. The first-order valence-electron chi connectivity index (χ1n) is 5.21. The van der Waals surface area contributed by atoms with Crippen molar-refractivity contribution in [1.82, 2.24) is 0 Å². The molecule has 0 bridgehead atoms. The first-order valence-corrected chi connectivity index (χ1v) is 5.21. The van der Waals surface area contributed by atoms with Gasteiger partial charge in [0.2, 0.25) is 0 Å². The summed E-state index contributed by atoms with van der Waals surface area (Å²) in [6.45, 7) is 4.30. The molecule has 4 nitrogen and oxygen atoms in total. The van der Waals surface area contributed by atoms with Gasteiger partial charge in [-0.2, -0.15) is 0 Å². The predicted octanol–water partition coefficient (Wildman–Crippen LogP) is 0.749. The number of nitrogens with two attached hydrogens (primary N) is 1. The van der Waals surface area contributed by atoms with Crippen molar-refractivity contribution in [2.24, 2.45) is 11.7 Å². The zero-order valence-corrected chi connectivity index (χ0v) is 9.07. The second-order valence-electron chi connectivity index (χ2n) is 3.83. The number of methoxy groups -OCH3 is 1. The molecule has 0 aliphatic carbocycles. The largest absolute Gasteiger partial charge is 0.385 e. The highest BCUT2D eigenvalue weighted by molar-refractivity contribution is 4.71. The van der Waals surface area contributed by atoms with Crippen molar-refractivity contribution in [2.45, 2.75) is 32.1 Å². The van der Waals surface area contributed by atoms with Gasteiger partial charge in [-0.25, -0.2) is 0 Å². The third-order valence-corrected chi connectivity index (χ3v) is 2.66. The van der Waals surface area contributed by atoms with Gasteiger partial charge in [0.1, 0.15) is 0 Å². The van der Waals surface area contributed by atoms with Crippen LogP contribution in [-0.4, -0.2) is 39.3 Å². The normalized spacial score (nSPS) is 22.5. The lowest BCUT2D eigenvalue weighted by atomic mass is 9.96. The fraction of sp³-hybridized carbons (Fsp3) is 1.00. The van der Waals surface area contributed by atoms with Crippen LogP contribution in [0.15, 0.2) is 0 Å².